The van der Waals surface area contributed by atoms with Gasteiger partial charge in [-0.15, -0.1) is 12.4 Å². The molecule has 1 aliphatic heterocycles. The summed E-state index contributed by atoms with van der Waals surface area (Å²) in [6.45, 7) is 1.49. The molecule has 1 amide bonds. The Morgan fingerprint density at radius 2 is 2.17 bits per heavy atom. The van der Waals surface area contributed by atoms with E-state index in [4.69, 9.17) is 4.52 Å². The molecule has 6 heteroatoms. The van der Waals surface area contributed by atoms with Gasteiger partial charge in [-0.2, -0.15) is 0 Å². The summed E-state index contributed by atoms with van der Waals surface area (Å²) in [4.78, 5) is 12.2. The van der Waals surface area contributed by atoms with Crippen molar-refractivity contribution in [3.63, 3.8) is 0 Å². The van der Waals surface area contributed by atoms with Crippen molar-refractivity contribution in [2.45, 2.75) is 31.2 Å². The minimum absolute atomic E-state index is 0. The van der Waals surface area contributed by atoms with Gasteiger partial charge in [0.15, 0.2) is 5.69 Å². The van der Waals surface area contributed by atoms with Crippen molar-refractivity contribution >= 4 is 18.3 Å². The van der Waals surface area contributed by atoms with Gasteiger partial charge in [0, 0.05) is 24.6 Å². The van der Waals surface area contributed by atoms with Crippen LogP contribution in [0.3, 0.4) is 0 Å². The molecule has 1 fully saturated rings. The summed E-state index contributed by atoms with van der Waals surface area (Å²) in [5.74, 6) is 1.15. The lowest BCUT2D eigenvalue weighted by atomic mass is 9.94. The van der Waals surface area contributed by atoms with Crippen LogP contribution in [0.1, 0.15) is 52.2 Å². The van der Waals surface area contributed by atoms with E-state index in [2.05, 4.69) is 34.0 Å². The third-order valence-electron chi connectivity index (χ3n) is 4.42. The van der Waals surface area contributed by atoms with E-state index in [0.29, 0.717) is 18.2 Å². The molecule has 1 aromatic heterocycles. The van der Waals surface area contributed by atoms with Crippen LogP contribution in [0, 0.1) is 0 Å². The fraction of sp³-hybridized carbons (Fsp3) is 0.412. The number of carbonyl (C=O) groups is 1. The Balaban J connectivity index is 0.00000156. The van der Waals surface area contributed by atoms with Crippen LogP contribution in [-0.4, -0.2) is 24.2 Å². The maximum Gasteiger partial charge on any atom is 0.273 e. The van der Waals surface area contributed by atoms with Gasteiger partial charge < -0.3 is 15.2 Å². The van der Waals surface area contributed by atoms with E-state index in [1.54, 1.807) is 6.07 Å². The summed E-state index contributed by atoms with van der Waals surface area (Å²) in [7, 11) is 0. The van der Waals surface area contributed by atoms with E-state index in [1.165, 1.54) is 11.1 Å². The van der Waals surface area contributed by atoms with Crippen LogP contribution in [0.4, 0.5) is 0 Å². The van der Waals surface area contributed by atoms with E-state index >= 15 is 0 Å². The van der Waals surface area contributed by atoms with Crippen LogP contribution < -0.4 is 10.6 Å². The first kappa shape index (κ1) is 16.0. The summed E-state index contributed by atoms with van der Waals surface area (Å²) in [5.41, 5.74) is 3.01. The zero-order valence-electron chi connectivity index (χ0n) is 12.7. The summed E-state index contributed by atoms with van der Waals surface area (Å²) in [6, 6.07) is 10.3. The highest BCUT2D eigenvalue weighted by molar-refractivity contribution is 5.92. The highest BCUT2D eigenvalue weighted by Gasteiger charge is 2.29. The number of fused-ring (bicyclic) bond motifs is 1. The zero-order chi connectivity index (χ0) is 14.9. The van der Waals surface area contributed by atoms with Gasteiger partial charge in [0.25, 0.3) is 5.91 Å². The van der Waals surface area contributed by atoms with E-state index in [-0.39, 0.29) is 24.4 Å². The quantitative estimate of drug-likeness (QED) is 0.902. The van der Waals surface area contributed by atoms with Crippen LogP contribution in [-0.2, 0) is 6.42 Å². The molecular weight excluding hydrogens is 314 g/mol. The van der Waals surface area contributed by atoms with Gasteiger partial charge in [-0.3, -0.25) is 4.79 Å². The highest BCUT2D eigenvalue weighted by Crippen LogP contribution is 2.40. The van der Waals surface area contributed by atoms with Crippen molar-refractivity contribution in [2.75, 3.05) is 13.1 Å². The van der Waals surface area contributed by atoms with Gasteiger partial charge in [0.2, 0.25) is 0 Å². The number of hydrogen-bond acceptors (Lipinski definition) is 4. The third-order valence-corrected chi connectivity index (χ3v) is 4.42. The molecule has 2 heterocycles. The SMILES string of the molecule is Cl.O=C(NCC1NCCc2ccccc21)c1cc(C2CC2)on1. The van der Waals surface area contributed by atoms with Crippen LogP contribution in [0.25, 0.3) is 0 Å². The monoisotopic (exact) mass is 333 g/mol. The summed E-state index contributed by atoms with van der Waals surface area (Å²) in [6.07, 6.45) is 3.31. The molecule has 2 aromatic rings. The van der Waals surface area contributed by atoms with Crippen LogP contribution in [0.2, 0.25) is 0 Å². The minimum atomic E-state index is -0.166. The number of hydrogen-bond donors (Lipinski definition) is 2. The van der Waals surface area contributed by atoms with Gasteiger partial charge in [0.05, 0.1) is 0 Å². The maximum atomic E-state index is 12.2. The van der Waals surface area contributed by atoms with E-state index in [9.17, 15) is 4.79 Å². The molecule has 1 unspecified atom stereocenters. The molecule has 1 aliphatic carbocycles. The maximum absolute atomic E-state index is 12.2. The molecule has 0 spiro atoms. The van der Waals surface area contributed by atoms with E-state index in [1.807, 2.05) is 6.07 Å². The number of aromatic nitrogens is 1. The third kappa shape index (κ3) is 3.41. The highest BCUT2D eigenvalue weighted by atomic mass is 35.5. The lowest BCUT2D eigenvalue weighted by Gasteiger charge is -2.26. The summed E-state index contributed by atoms with van der Waals surface area (Å²) >= 11 is 0. The average molecular weight is 334 g/mol. The molecule has 5 nitrogen and oxygen atoms in total. The topological polar surface area (TPSA) is 67.2 Å². The van der Waals surface area contributed by atoms with Crippen LogP contribution >= 0.6 is 12.4 Å². The smallest absolute Gasteiger partial charge is 0.273 e. The second kappa shape index (κ2) is 6.72. The Morgan fingerprint density at radius 3 is 3.00 bits per heavy atom. The number of benzene rings is 1. The first-order valence-electron chi connectivity index (χ1n) is 7.87. The standard InChI is InChI=1S/C17H19N3O2.ClH/c21-17(14-9-16(22-20-14)12-5-6-12)19-10-15-13-4-2-1-3-11(13)7-8-18-15;/h1-4,9,12,15,18H,5-8,10H2,(H,19,21);1H. The number of nitrogens with zero attached hydrogens (tertiary/aromatic N) is 1. The van der Waals surface area contributed by atoms with Crippen molar-refractivity contribution in [2.24, 2.45) is 0 Å². The van der Waals surface area contributed by atoms with Crippen LogP contribution in [0.15, 0.2) is 34.9 Å². The second-order valence-corrected chi connectivity index (χ2v) is 6.05. The van der Waals surface area contributed by atoms with Crippen molar-refractivity contribution in [1.82, 2.24) is 15.8 Å². The Kier molecular flexibility index (Phi) is 4.68. The normalized spacial score (nSPS) is 19.6. The molecule has 0 radical (unpaired) electrons. The Hall–Kier alpha value is -1.85. The minimum Gasteiger partial charge on any atom is -0.360 e. The number of halogens is 1. The molecule has 2 aliphatic rings. The zero-order valence-corrected chi connectivity index (χ0v) is 13.6. The van der Waals surface area contributed by atoms with E-state index in [0.717, 1.165) is 31.6 Å². The first-order chi connectivity index (χ1) is 10.8. The molecule has 1 atom stereocenters. The lowest BCUT2D eigenvalue weighted by Crippen LogP contribution is -2.38. The Morgan fingerprint density at radius 1 is 1.35 bits per heavy atom. The van der Waals surface area contributed by atoms with Crippen molar-refractivity contribution in [3.05, 3.63) is 52.9 Å². The van der Waals surface area contributed by atoms with Crippen molar-refractivity contribution in [3.8, 4) is 0 Å². The molecule has 2 N–H and O–H groups in total. The van der Waals surface area contributed by atoms with Gasteiger partial charge in [-0.05, 0) is 36.9 Å². The van der Waals surface area contributed by atoms with Crippen LogP contribution in [0.5, 0.6) is 0 Å². The predicted molar refractivity (Wildman–Crippen MR) is 88.9 cm³/mol. The number of rotatable bonds is 4. The predicted octanol–water partition coefficient (Wildman–Crippen LogP) is 2.59. The second-order valence-electron chi connectivity index (χ2n) is 6.05. The molecule has 1 saturated carbocycles. The van der Waals surface area contributed by atoms with E-state index < -0.39 is 0 Å². The largest absolute Gasteiger partial charge is 0.360 e. The first-order valence-corrected chi connectivity index (χ1v) is 7.87. The lowest BCUT2D eigenvalue weighted by molar-refractivity contribution is 0.0940. The molecular formula is C17H20ClN3O2. The fourth-order valence-corrected chi connectivity index (χ4v) is 3.02. The number of amides is 1. The van der Waals surface area contributed by atoms with Crippen molar-refractivity contribution in [1.29, 1.82) is 0 Å². The molecule has 122 valence electrons. The summed E-state index contributed by atoms with van der Waals surface area (Å²) in [5, 5.41) is 10.3. The number of carbonyl (C=O) groups excluding carboxylic acids is 1. The summed E-state index contributed by atoms with van der Waals surface area (Å²) < 4.78 is 5.23. The van der Waals surface area contributed by atoms with Gasteiger partial charge in [-0.25, -0.2) is 0 Å². The molecule has 23 heavy (non-hydrogen) atoms. The Bertz CT molecular complexity index is 697. The van der Waals surface area contributed by atoms with Gasteiger partial charge in [-0.1, -0.05) is 29.4 Å². The fourth-order valence-electron chi connectivity index (χ4n) is 3.02. The molecule has 0 saturated heterocycles. The van der Waals surface area contributed by atoms with Crippen molar-refractivity contribution < 1.29 is 9.32 Å². The molecule has 4 rings (SSSR count). The van der Waals surface area contributed by atoms with Gasteiger partial charge in [0.1, 0.15) is 5.76 Å². The number of nitrogens with one attached hydrogen (secondary N) is 2. The average Bonchev–Trinajstić information content (AvgIpc) is 3.29. The van der Waals surface area contributed by atoms with Gasteiger partial charge >= 0.3 is 0 Å². The Labute approximate surface area is 141 Å². The molecule has 0 bridgehead atoms. The molecule has 1 aromatic carbocycles.